The Labute approximate surface area is 433 Å². The van der Waals surface area contributed by atoms with Crippen LogP contribution >= 0.6 is 22.7 Å². The topological polar surface area (TPSA) is 6.48 Å². The molecule has 8 aromatic rings. The van der Waals surface area contributed by atoms with Gasteiger partial charge in [-0.1, -0.05) is 140 Å². The molecular formula is C66H73BN2S2. The van der Waals surface area contributed by atoms with Crippen molar-refractivity contribution in [1.29, 1.82) is 0 Å². The average Bonchev–Trinajstić information content (AvgIpc) is 3.88. The van der Waals surface area contributed by atoms with E-state index in [0.29, 0.717) is 0 Å². The minimum absolute atomic E-state index is 0.0376. The van der Waals surface area contributed by atoms with Crippen LogP contribution in [0.15, 0.2) is 97.1 Å². The molecule has 0 atom stereocenters. The normalized spacial score (nSPS) is 20.6. The van der Waals surface area contributed by atoms with E-state index in [4.69, 9.17) is 0 Å². The van der Waals surface area contributed by atoms with E-state index in [2.05, 4.69) is 222 Å². The summed E-state index contributed by atoms with van der Waals surface area (Å²) in [6.07, 6.45) is 7.15. The minimum Gasteiger partial charge on any atom is -0.311 e. The van der Waals surface area contributed by atoms with Crippen LogP contribution < -0.4 is 26.2 Å². The molecule has 6 aromatic carbocycles. The fraction of sp³-hybridized carbons (Fsp3) is 0.424. The van der Waals surface area contributed by atoms with Gasteiger partial charge in [-0.2, -0.15) is 0 Å². The van der Waals surface area contributed by atoms with Crippen LogP contribution in [0.5, 0.6) is 0 Å². The Morgan fingerprint density at radius 2 is 0.958 bits per heavy atom. The van der Waals surface area contributed by atoms with Gasteiger partial charge in [0.25, 0.3) is 6.71 Å². The second kappa shape index (κ2) is 14.5. The zero-order valence-electron chi connectivity index (χ0n) is 45.3. The number of nitrogens with zero attached hydrogens (tertiary/aromatic N) is 2. The third-order valence-electron chi connectivity index (χ3n) is 19.2. The summed E-state index contributed by atoms with van der Waals surface area (Å²) >= 11 is 3.99. The van der Waals surface area contributed by atoms with Crippen LogP contribution in [0.3, 0.4) is 0 Å². The van der Waals surface area contributed by atoms with Gasteiger partial charge in [0.05, 0.1) is 10.7 Å². The molecule has 5 heteroatoms. The standard InChI is InChI=1S/C66H73BN2S2/c1-60(2,3)38-31-51-58-52(32-38)69(49-20-18-22-54-56(49)40-19-16-17-21-53(40)70-54)50-36-46-45(64(10,11)28-29-65(46,12)13)35-48(50)67(58)57-41-34-44-47(66(14,15)30-27-63(44,8)9)37-55(41)71-59(57)68(51)39-23-24-42-43(33-39)62(6,7)26-25-61(42,4)5/h16-24,31-37H,25-30H2,1-15H3. The van der Waals surface area contributed by atoms with Crippen LogP contribution in [-0.4, -0.2) is 6.71 Å². The summed E-state index contributed by atoms with van der Waals surface area (Å²) in [6.45, 7) is 37.3. The summed E-state index contributed by atoms with van der Waals surface area (Å²) in [6, 6.07) is 39.9. The van der Waals surface area contributed by atoms with Gasteiger partial charge in [0, 0.05) is 47.6 Å². The van der Waals surface area contributed by atoms with Crippen LogP contribution in [0.1, 0.15) is 181 Å². The van der Waals surface area contributed by atoms with Gasteiger partial charge in [-0.3, -0.25) is 0 Å². The summed E-state index contributed by atoms with van der Waals surface area (Å²) in [5.41, 5.74) is 21.9. The van der Waals surface area contributed by atoms with Crippen molar-refractivity contribution < 1.29 is 0 Å². The Kier molecular flexibility index (Phi) is 9.37. The molecule has 0 fully saturated rings. The lowest BCUT2D eigenvalue weighted by molar-refractivity contribution is 0.332. The van der Waals surface area contributed by atoms with Crippen molar-refractivity contribution in [1.82, 2.24) is 0 Å². The summed E-state index contributed by atoms with van der Waals surface area (Å²) < 4.78 is 4.11. The molecule has 0 radical (unpaired) electrons. The van der Waals surface area contributed by atoms with E-state index in [1.807, 2.05) is 11.3 Å². The molecule has 0 saturated carbocycles. The number of hydrogen-bond donors (Lipinski definition) is 0. The van der Waals surface area contributed by atoms with Crippen molar-refractivity contribution in [3.8, 4) is 0 Å². The lowest BCUT2D eigenvalue weighted by Crippen LogP contribution is -2.61. The SMILES string of the molecule is CC(C)(C)c1cc2c3c(c1)N(c1cccc4sc5ccccc5c14)c1cc4c(cc1B3c1c(sc3cc5c(cc13)C(C)(C)CCC5(C)C)N2c1ccc2c(c1)C(C)(C)CCC2(C)C)C(C)(C)CCC4(C)C. The first-order chi connectivity index (χ1) is 33.3. The van der Waals surface area contributed by atoms with Crippen LogP contribution in [0, 0.1) is 0 Å². The first-order valence-electron chi connectivity index (χ1n) is 26.9. The molecule has 3 aliphatic carbocycles. The highest BCUT2D eigenvalue weighted by Crippen LogP contribution is 2.56. The van der Waals surface area contributed by atoms with E-state index in [0.717, 1.165) is 0 Å². The molecule has 2 aromatic heterocycles. The average molecular weight is 969 g/mol. The molecule has 0 saturated heterocycles. The molecule has 71 heavy (non-hydrogen) atoms. The van der Waals surface area contributed by atoms with Gasteiger partial charge in [0.15, 0.2) is 0 Å². The van der Waals surface area contributed by atoms with Crippen molar-refractivity contribution in [3.63, 3.8) is 0 Å². The van der Waals surface area contributed by atoms with E-state index >= 15 is 0 Å². The van der Waals surface area contributed by atoms with Gasteiger partial charge in [-0.05, 0) is 198 Å². The van der Waals surface area contributed by atoms with Crippen LogP contribution in [0.4, 0.5) is 33.4 Å². The van der Waals surface area contributed by atoms with Crippen molar-refractivity contribution in [2.75, 3.05) is 9.80 Å². The van der Waals surface area contributed by atoms with Gasteiger partial charge >= 0.3 is 0 Å². The number of benzene rings is 6. The predicted octanol–water partition coefficient (Wildman–Crippen LogP) is 17.7. The van der Waals surface area contributed by atoms with Crippen LogP contribution in [0.25, 0.3) is 30.3 Å². The van der Waals surface area contributed by atoms with Gasteiger partial charge < -0.3 is 9.80 Å². The van der Waals surface area contributed by atoms with E-state index < -0.39 is 0 Å². The highest BCUT2D eigenvalue weighted by Gasteiger charge is 2.50. The van der Waals surface area contributed by atoms with E-state index in [9.17, 15) is 0 Å². The fourth-order valence-electron chi connectivity index (χ4n) is 14.2. The lowest BCUT2D eigenvalue weighted by Gasteiger charge is -2.47. The summed E-state index contributed by atoms with van der Waals surface area (Å²) in [7, 11) is 0. The highest BCUT2D eigenvalue weighted by atomic mass is 32.1. The quantitative estimate of drug-likeness (QED) is 0.159. The van der Waals surface area contributed by atoms with E-state index in [-0.39, 0.29) is 44.6 Å². The zero-order valence-corrected chi connectivity index (χ0v) is 46.9. The molecule has 362 valence electrons. The lowest BCUT2D eigenvalue weighted by atomic mass is 9.33. The molecule has 0 unspecified atom stereocenters. The van der Waals surface area contributed by atoms with Gasteiger partial charge in [0.1, 0.15) is 0 Å². The summed E-state index contributed by atoms with van der Waals surface area (Å²) in [5, 5.41) is 5.54. The molecule has 0 amide bonds. The predicted molar refractivity (Wildman–Crippen MR) is 313 cm³/mol. The van der Waals surface area contributed by atoms with Gasteiger partial charge in [0.2, 0.25) is 0 Å². The third kappa shape index (κ3) is 6.49. The smallest absolute Gasteiger partial charge is 0.254 e. The van der Waals surface area contributed by atoms with Crippen molar-refractivity contribution in [2.24, 2.45) is 0 Å². The molecule has 2 aliphatic heterocycles. The van der Waals surface area contributed by atoms with Crippen molar-refractivity contribution >= 4 is 109 Å². The maximum absolute atomic E-state index is 2.77. The third-order valence-corrected chi connectivity index (χ3v) is 21.5. The van der Waals surface area contributed by atoms with Crippen LogP contribution in [-0.2, 0) is 37.9 Å². The molecule has 0 bridgehead atoms. The van der Waals surface area contributed by atoms with Crippen molar-refractivity contribution in [2.45, 2.75) is 180 Å². The molecule has 4 heterocycles. The molecule has 5 aliphatic rings. The van der Waals surface area contributed by atoms with E-state index in [1.54, 1.807) is 11.1 Å². The Hall–Kier alpha value is -4.84. The monoisotopic (exact) mass is 969 g/mol. The number of hydrogen-bond acceptors (Lipinski definition) is 4. The Balaban J connectivity index is 1.22. The molecular weight excluding hydrogens is 896 g/mol. The van der Waals surface area contributed by atoms with Crippen LogP contribution in [0.2, 0.25) is 0 Å². The summed E-state index contributed by atoms with van der Waals surface area (Å²) in [5.74, 6) is 0. The zero-order chi connectivity index (χ0) is 49.9. The molecule has 2 nitrogen and oxygen atoms in total. The van der Waals surface area contributed by atoms with E-state index in [1.165, 1.54) is 146 Å². The summed E-state index contributed by atoms with van der Waals surface area (Å²) in [4.78, 5) is 5.54. The number of thiophene rings is 2. The molecule has 13 rings (SSSR count). The largest absolute Gasteiger partial charge is 0.311 e. The Bertz CT molecular complexity index is 3620. The highest BCUT2D eigenvalue weighted by molar-refractivity contribution is 7.27. The number of fused-ring (bicyclic) bond motifs is 12. The Morgan fingerprint density at radius 1 is 0.423 bits per heavy atom. The van der Waals surface area contributed by atoms with Gasteiger partial charge in [-0.15, -0.1) is 22.7 Å². The maximum Gasteiger partial charge on any atom is 0.254 e. The minimum atomic E-state index is -0.111. The second-order valence-corrected chi connectivity index (χ2v) is 29.8. The first-order valence-corrected chi connectivity index (χ1v) is 28.6. The van der Waals surface area contributed by atoms with Gasteiger partial charge in [-0.25, -0.2) is 0 Å². The molecule has 0 N–H and O–H groups in total. The number of anilines is 6. The second-order valence-electron chi connectivity index (χ2n) is 27.7. The van der Waals surface area contributed by atoms with Crippen molar-refractivity contribution in [3.05, 3.63) is 136 Å². The molecule has 0 spiro atoms. The Morgan fingerprint density at radius 3 is 1.59 bits per heavy atom. The maximum atomic E-state index is 2.77. The fourth-order valence-corrected chi connectivity index (χ4v) is 16.7. The number of rotatable bonds is 2. The first kappa shape index (κ1) is 46.0.